The van der Waals surface area contributed by atoms with E-state index < -0.39 is 23.6 Å². The third-order valence-corrected chi connectivity index (χ3v) is 3.05. The molecular formula is C16H15F2NO2. The van der Waals surface area contributed by atoms with Gasteiger partial charge in [-0.2, -0.15) is 0 Å². The summed E-state index contributed by atoms with van der Waals surface area (Å²) in [5, 5.41) is 12.3. The minimum atomic E-state index is -0.756. The van der Waals surface area contributed by atoms with E-state index in [9.17, 15) is 18.7 Å². The highest BCUT2D eigenvalue weighted by Crippen LogP contribution is 2.22. The number of carbonyl (C=O) groups is 1. The van der Waals surface area contributed by atoms with Gasteiger partial charge in [0, 0.05) is 17.3 Å². The molecule has 110 valence electrons. The molecule has 2 N–H and O–H groups in total. The largest absolute Gasteiger partial charge is 0.389 e. The minimum absolute atomic E-state index is 0.114. The molecule has 2 aromatic rings. The second-order valence-corrected chi connectivity index (χ2v) is 4.72. The highest BCUT2D eigenvalue weighted by Gasteiger charge is 2.12. The molecular weight excluding hydrogens is 276 g/mol. The second-order valence-electron chi connectivity index (χ2n) is 4.72. The van der Waals surface area contributed by atoms with Gasteiger partial charge in [-0.05, 0) is 24.6 Å². The van der Waals surface area contributed by atoms with Crippen LogP contribution in [0, 0.1) is 11.6 Å². The van der Waals surface area contributed by atoms with Crippen LogP contribution in [0.2, 0.25) is 0 Å². The van der Waals surface area contributed by atoms with E-state index in [0.717, 1.165) is 12.1 Å². The lowest BCUT2D eigenvalue weighted by atomic mass is 10.1. The molecule has 1 unspecified atom stereocenters. The number of hydrogen-bond acceptors (Lipinski definition) is 2. The summed E-state index contributed by atoms with van der Waals surface area (Å²) in [6.07, 6.45) is -0.940. The van der Waals surface area contributed by atoms with Crippen LogP contribution in [0.4, 0.5) is 14.5 Å². The molecule has 2 rings (SSSR count). The van der Waals surface area contributed by atoms with Crippen molar-refractivity contribution in [1.82, 2.24) is 0 Å². The average Bonchev–Trinajstić information content (AvgIpc) is 2.42. The summed E-state index contributed by atoms with van der Waals surface area (Å²) < 4.78 is 26.3. The fraction of sp³-hybridized carbons (Fsp3) is 0.188. The van der Waals surface area contributed by atoms with Crippen LogP contribution in [0.3, 0.4) is 0 Å². The summed E-state index contributed by atoms with van der Waals surface area (Å²) in [7, 11) is 0. The number of benzene rings is 2. The third-order valence-electron chi connectivity index (χ3n) is 3.05. The molecule has 0 heterocycles. The van der Waals surface area contributed by atoms with Gasteiger partial charge < -0.3 is 10.4 Å². The first-order valence-electron chi connectivity index (χ1n) is 6.48. The van der Waals surface area contributed by atoms with Crippen molar-refractivity contribution in [2.24, 2.45) is 0 Å². The Labute approximate surface area is 121 Å². The topological polar surface area (TPSA) is 49.3 Å². The van der Waals surface area contributed by atoms with E-state index in [0.29, 0.717) is 11.3 Å². The smallest absolute Gasteiger partial charge is 0.228 e. The molecule has 21 heavy (non-hydrogen) atoms. The molecule has 1 atom stereocenters. The molecule has 1 amide bonds. The molecule has 2 aromatic carbocycles. The Bertz CT molecular complexity index is 656. The van der Waals surface area contributed by atoms with Crippen molar-refractivity contribution in [2.75, 3.05) is 5.32 Å². The van der Waals surface area contributed by atoms with Crippen molar-refractivity contribution in [1.29, 1.82) is 0 Å². The SMILES string of the molecule is CC(O)c1ccccc1NC(=O)Cc1ccc(F)cc1F. The molecule has 0 saturated heterocycles. The monoisotopic (exact) mass is 291 g/mol. The highest BCUT2D eigenvalue weighted by atomic mass is 19.1. The molecule has 0 spiro atoms. The third kappa shape index (κ3) is 3.86. The quantitative estimate of drug-likeness (QED) is 0.909. The van der Waals surface area contributed by atoms with Gasteiger partial charge in [-0.15, -0.1) is 0 Å². The molecule has 5 heteroatoms. The summed E-state index contributed by atoms with van der Waals surface area (Å²) in [4.78, 5) is 11.9. The molecule has 0 saturated carbocycles. The van der Waals surface area contributed by atoms with Crippen LogP contribution in [-0.4, -0.2) is 11.0 Å². The number of rotatable bonds is 4. The molecule has 0 bridgehead atoms. The number of hydrogen-bond donors (Lipinski definition) is 2. The summed E-state index contributed by atoms with van der Waals surface area (Å²) in [6.45, 7) is 1.59. The van der Waals surface area contributed by atoms with Crippen molar-refractivity contribution < 1.29 is 18.7 Å². The highest BCUT2D eigenvalue weighted by molar-refractivity contribution is 5.93. The van der Waals surface area contributed by atoms with Crippen LogP contribution in [0.1, 0.15) is 24.2 Å². The molecule has 0 aliphatic heterocycles. The van der Waals surface area contributed by atoms with Gasteiger partial charge in [0.05, 0.1) is 12.5 Å². The van der Waals surface area contributed by atoms with Crippen LogP contribution in [0.5, 0.6) is 0 Å². The number of aliphatic hydroxyl groups excluding tert-OH is 1. The number of halogens is 2. The number of amides is 1. The van der Waals surface area contributed by atoms with Crippen molar-refractivity contribution in [3.63, 3.8) is 0 Å². The maximum Gasteiger partial charge on any atom is 0.228 e. The van der Waals surface area contributed by atoms with Gasteiger partial charge >= 0.3 is 0 Å². The molecule has 0 aromatic heterocycles. The van der Waals surface area contributed by atoms with Crippen molar-refractivity contribution in [2.45, 2.75) is 19.4 Å². The Balaban J connectivity index is 2.12. The van der Waals surface area contributed by atoms with Crippen LogP contribution in [-0.2, 0) is 11.2 Å². The van der Waals surface area contributed by atoms with Crippen LogP contribution in [0.15, 0.2) is 42.5 Å². The first kappa shape index (κ1) is 15.1. The van der Waals surface area contributed by atoms with Gasteiger partial charge in [0.25, 0.3) is 0 Å². The van der Waals surface area contributed by atoms with E-state index >= 15 is 0 Å². The van der Waals surface area contributed by atoms with Crippen molar-refractivity contribution in [3.05, 3.63) is 65.2 Å². The maximum atomic E-state index is 13.5. The Morgan fingerprint density at radius 2 is 1.95 bits per heavy atom. The van der Waals surface area contributed by atoms with E-state index in [2.05, 4.69) is 5.32 Å². The number of nitrogens with one attached hydrogen (secondary N) is 1. The number of para-hydroxylation sites is 1. The van der Waals surface area contributed by atoms with E-state index in [1.54, 1.807) is 31.2 Å². The predicted octanol–water partition coefficient (Wildman–Crippen LogP) is 3.20. The maximum absolute atomic E-state index is 13.5. The summed E-state index contributed by atoms with van der Waals surface area (Å²) in [5.74, 6) is -1.88. The number of carbonyl (C=O) groups excluding carboxylic acids is 1. The van der Waals surface area contributed by atoms with Gasteiger partial charge in [-0.1, -0.05) is 24.3 Å². The zero-order valence-corrected chi connectivity index (χ0v) is 11.4. The van der Waals surface area contributed by atoms with E-state index in [4.69, 9.17) is 0 Å². The zero-order valence-electron chi connectivity index (χ0n) is 11.4. The first-order chi connectivity index (χ1) is 9.97. The lowest BCUT2D eigenvalue weighted by molar-refractivity contribution is -0.115. The normalized spacial score (nSPS) is 12.0. The van der Waals surface area contributed by atoms with Gasteiger partial charge in [-0.25, -0.2) is 8.78 Å². The fourth-order valence-corrected chi connectivity index (χ4v) is 2.01. The Hall–Kier alpha value is -2.27. The van der Waals surface area contributed by atoms with Crippen LogP contribution < -0.4 is 5.32 Å². The van der Waals surface area contributed by atoms with E-state index in [1.807, 2.05) is 0 Å². The molecule has 0 fully saturated rings. The molecule has 0 aliphatic carbocycles. The molecule has 3 nitrogen and oxygen atoms in total. The van der Waals surface area contributed by atoms with Crippen LogP contribution >= 0.6 is 0 Å². The zero-order chi connectivity index (χ0) is 15.4. The average molecular weight is 291 g/mol. The summed E-state index contributed by atoms with van der Waals surface area (Å²) in [5.41, 5.74) is 1.16. The van der Waals surface area contributed by atoms with Gasteiger partial charge in [0.1, 0.15) is 11.6 Å². The lowest BCUT2D eigenvalue weighted by Crippen LogP contribution is -2.16. The van der Waals surface area contributed by atoms with Gasteiger partial charge in [0.15, 0.2) is 0 Å². The second kappa shape index (κ2) is 6.45. The van der Waals surface area contributed by atoms with Crippen molar-refractivity contribution in [3.8, 4) is 0 Å². The predicted molar refractivity (Wildman–Crippen MR) is 75.8 cm³/mol. The van der Waals surface area contributed by atoms with Gasteiger partial charge in [0.2, 0.25) is 5.91 Å². The minimum Gasteiger partial charge on any atom is -0.389 e. The fourth-order valence-electron chi connectivity index (χ4n) is 2.01. The Morgan fingerprint density at radius 3 is 2.62 bits per heavy atom. The first-order valence-corrected chi connectivity index (χ1v) is 6.48. The van der Waals surface area contributed by atoms with Crippen LogP contribution in [0.25, 0.3) is 0 Å². The van der Waals surface area contributed by atoms with Gasteiger partial charge in [-0.3, -0.25) is 4.79 Å². The number of anilines is 1. The molecule has 0 aliphatic rings. The Kier molecular flexibility index (Phi) is 4.65. The summed E-state index contributed by atoms with van der Waals surface area (Å²) in [6, 6.07) is 9.91. The number of aliphatic hydroxyl groups is 1. The summed E-state index contributed by atoms with van der Waals surface area (Å²) >= 11 is 0. The van der Waals surface area contributed by atoms with E-state index in [1.165, 1.54) is 6.07 Å². The van der Waals surface area contributed by atoms with Crippen molar-refractivity contribution >= 4 is 11.6 Å². The molecule has 0 radical (unpaired) electrons. The van der Waals surface area contributed by atoms with E-state index in [-0.39, 0.29) is 12.0 Å². The Morgan fingerprint density at radius 1 is 1.24 bits per heavy atom. The lowest BCUT2D eigenvalue weighted by Gasteiger charge is -2.13. The standard InChI is InChI=1S/C16H15F2NO2/c1-10(20)13-4-2-3-5-15(13)19-16(21)8-11-6-7-12(17)9-14(11)18/h2-7,9-10,20H,8H2,1H3,(H,19,21).